The lowest BCUT2D eigenvalue weighted by molar-refractivity contribution is 0.0693. The van der Waals surface area contributed by atoms with Crippen LogP contribution in [0.4, 0.5) is 0 Å². The highest BCUT2D eigenvalue weighted by Crippen LogP contribution is 2.32. The highest BCUT2D eigenvalue weighted by atomic mass is 16.5. The molecule has 0 spiro atoms. The fourth-order valence-electron chi connectivity index (χ4n) is 2.37. The highest BCUT2D eigenvalue weighted by molar-refractivity contribution is 5.91. The Morgan fingerprint density at radius 1 is 1.12 bits per heavy atom. The summed E-state index contributed by atoms with van der Waals surface area (Å²) in [6.45, 7) is 0. The standard InChI is InChI=1S/C17H15N3O5/c1-24-11-4-6-16(25-2)12(8-11)14-9-20(19-18-14)10-3-5-15(21)13(7-10)17(22)23/h3-9,21H,1-2H3,(H,22,23). The first-order valence-corrected chi connectivity index (χ1v) is 7.25. The molecule has 0 saturated heterocycles. The van der Waals surface area contributed by atoms with Crippen molar-refractivity contribution in [3.8, 4) is 34.2 Å². The van der Waals surface area contributed by atoms with Crippen LogP contribution in [0, 0.1) is 0 Å². The molecule has 0 bridgehead atoms. The smallest absolute Gasteiger partial charge is 0.339 e. The Labute approximate surface area is 142 Å². The van der Waals surface area contributed by atoms with Crippen LogP contribution in [0.2, 0.25) is 0 Å². The zero-order chi connectivity index (χ0) is 18.0. The Morgan fingerprint density at radius 3 is 2.60 bits per heavy atom. The second kappa shape index (κ2) is 6.52. The third kappa shape index (κ3) is 3.09. The van der Waals surface area contributed by atoms with Crippen LogP contribution in [0.3, 0.4) is 0 Å². The average molecular weight is 341 g/mol. The lowest BCUT2D eigenvalue weighted by atomic mass is 10.1. The van der Waals surface area contributed by atoms with E-state index >= 15 is 0 Å². The minimum absolute atomic E-state index is 0.214. The van der Waals surface area contributed by atoms with E-state index in [1.165, 1.54) is 16.8 Å². The molecule has 128 valence electrons. The van der Waals surface area contributed by atoms with Gasteiger partial charge in [-0.15, -0.1) is 5.10 Å². The Bertz CT molecular complexity index is 936. The molecule has 0 fully saturated rings. The van der Waals surface area contributed by atoms with Gasteiger partial charge >= 0.3 is 5.97 Å². The summed E-state index contributed by atoms with van der Waals surface area (Å²) in [5.74, 6) is -0.298. The summed E-state index contributed by atoms with van der Waals surface area (Å²) in [4.78, 5) is 11.2. The van der Waals surface area contributed by atoms with Gasteiger partial charge in [-0.1, -0.05) is 5.21 Å². The number of aromatic nitrogens is 3. The van der Waals surface area contributed by atoms with Gasteiger partial charge in [-0.3, -0.25) is 0 Å². The normalized spacial score (nSPS) is 10.5. The summed E-state index contributed by atoms with van der Waals surface area (Å²) < 4.78 is 12.0. The van der Waals surface area contributed by atoms with Crippen LogP contribution in [0.25, 0.3) is 16.9 Å². The molecule has 3 rings (SSSR count). The summed E-state index contributed by atoms with van der Waals surface area (Å²) in [5, 5.41) is 26.8. The maximum Gasteiger partial charge on any atom is 0.339 e. The number of phenols is 1. The molecule has 0 saturated carbocycles. The number of carbonyl (C=O) groups is 1. The molecule has 8 heteroatoms. The van der Waals surface area contributed by atoms with Crippen molar-refractivity contribution in [2.75, 3.05) is 14.2 Å². The molecule has 0 aliphatic heterocycles. The van der Waals surface area contributed by atoms with Gasteiger partial charge in [-0.25, -0.2) is 9.48 Å². The van der Waals surface area contributed by atoms with Crippen LogP contribution in [-0.4, -0.2) is 45.4 Å². The fraction of sp³-hybridized carbons (Fsp3) is 0.118. The van der Waals surface area contributed by atoms with E-state index in [1.807, 2.05) is 0 Å². The monoisotopic (exact) mass is 341 g/mol. The van der Waals surface area contributed by atoms with E-state index in [-0.39, 0.29) is 11.3 Å². The van der Waals surface area contributed by atoms with E-state index in [2.05, 4.69) is 10.3 Å². The molecule has 1 aromatic heterocycles. The Morgan fingerprint density at radius 2 is 1.92 bits per heavy atom. The molecule has 3 aromatic rings. The summed E-state index contributed by atoms with van der Waals surface area (Å²) in [6.07, 6.45) is 1.63. The Balaban J connectivity index is 2.04. The maximum atomic E-state index is 11.2. The minimum atomic E-state index is -1.23. The van der Waals surface area contributed by atoms with Gasteiger partial charge in [-0.05, 0) is 36.4 Å². The van der Waals surface area contributed by atoms with Crippen molar-refractivity contribution in [1.82, 2.24) is 15.0 Å². The van der Waals surface area contributed by atoms with E-state index in [1.54, 1.807) is 44.7 Å². The van der Waals surface area contributed by atoms with Gasteiger partial charge in [0.2, 0.25) is 0 Å². The van der Waals surface area contributed by atoms with Crippen molar-refractivity contribution in [1.29, 1.82) is 0 Å². The lowest BCUT2D eigenvalue weighted by Crippen LogP contribution is -2.01. The first kappa shape index (κ1) is 16.3. The summed E-state index contributed by atoms with van der Waals surface area (Å²) in [6, 6.07) is 9.46. The molecule has 1 heterocycles. The maximum absolute atomic E-state index is 11.2. The van der Waals surface area contributed by atoms with Crippen molar-refractivity contribution in [3.05, 3.63) is 48.2 Å². The molecule has 25 heavy (non-hydrogen) atoms. The molecule has 0 amide bonds. The minimum Gasteiger partial charge on any atom is -0.507 e. The van der Waals surface area contributed by atoms with Crippen molar-refractivity contribution < 1.29 is 24.5 Å². The fourth-order valence-corrected chi connectivity index (χ4v) is 2.37. The predicted octanol–water partition coefficient (Wildman–Crippen LogP) is 2.36. The topological polar surface area (TPSA) is 107 Å². The third-order valence-corrected chi connectivity index (χ3v) is 3.65. The second-order valence-electron chi connectivity index (χ2n) is 5.12. The molecule has 0 aliphatic rings. The number of nitrogens with zero attached hydrogens (tertiary/aromatic N) is 3. The summed E-state index contributed by atoms with van der Waals surface area (Å²) in [5.41, 5.74) is 1.45. The second-order valence-corrected chi connectivity index (χ2v) is 5.12. The van der Waals surface area contributed by atoms with Gasteiger partial charge in [0.15, 0.2) is 0 Å². The predicted molar refractivity (Wildman–Crippen MR) is 88.5 cm³/mol. The first-order valence-electron chi connectivity index (χ1n) is 7.25. The van der Waals surface area contributed by atoms with Crippen molar-refractivity contribution in [3.63, 3.8) is 0 Å². The number of ether oxygens (including phenoxy) is 2. The molecule has 0 unspecified atom stereocenters. The molecule has 0 aliphatic carbocycles. The summed E-state index contributed by atoms with van der Waals surface area (Å²) >= 11 is 0. The van der Waals surface area contributed by atoms with E-state index in [4.69, 9.17) is 14.6 Å². The average Bonchev–Trinajstić information content (AvgIpc) is 3.11. The molecule has 0 radical (unpaired) electrons. The van der Waals surface area contributed by atoms with Gasteiger partial charge in [0, 0.05) is 5.56 Å². The van der Waals surface area contributed by atoms with E-state index in [0.29, 0.717) is 28.4 Å². The number of rotatable bonds is 5. The number of hydrogen-bond acceptors (Lipinski definition) is 6. The number of hydrogen-bond donors (Lipinski definition) is 2. The van der Waals surface area contributed by atoms with E-state index < -0.39 is 5.97 Å². The van der Waals surface area contributed by atoms with Gasteiger partial charge in [-0.2, -0.15) is 0 Å². The largest absolute Gasteiger partial charge is 0.507 e. The van der Waals surface area contributed by atoms with Crippen LogP contribution >= 0.6 is 0 Å². The molecule has 2 N–H and O–H groups in total. The van der Waals surface area contributed by atoms with Gasteiger partial charge in [0.25, 0.3) is 0 Å². The number of benzene rings is 2. The van der Waals surface area contributed by atoms with Crippen molar-refractivity contribution in [2.45, 2.75) is 0 Å². The molecule has 2 aromatic carbocycles. The number of carboxylic acid groups (broad SMARTS) is 1. The highest BCUT2D eigenvalue weighted by Gasteiger charge is 2.15. The number of aromatic hydroxyl groups is 1. The number of carboxylic acids is 1. The van der Waals surface area contributed by atoms with Gasteiger partial charge in [0.05, 0.1) is 26.1 Å². The Kier molecular flexibility index (Phi) is 4.25. The third-order valence-electron chi connectivity index (χ3n) is 3.65. The lowest BCUT2D eigenvalue weighted by Gasteiger charge is -2.08. The SMILES string of the molecule is COc1ccc(OC)c(-c2cn(-c3ccc(O)c(C(=O)O)c3)nn2)c1. The zero-order valence-electron chi connectivity index (χ0n) is 13.5. The van der Waals surface area contributed by atoms with Crippen LogP contribution in [0.15, 0.2) is 42.6 Å². The van der Waals surface area contributed by atoms with E-state index in [0.717, 1.165) is 0 Å². The van der Waals surface area contributed by atoms with E-state index in [9.17, 15) is 9.90 Å². The van der Waals surface area contributed by atoms with Gasteiger partial charge < -0.3 is 19.7 Å². The van der Waals surface area contributed by atoms with Crippen molar-refractivity contribution in [2.24, 2.45) is 0 Å². The molecule has 8 nitrogen and oxygen atoms in total. The van der Waals surface area contributed by atoms with Crippen molar-refractivity contribution >= 4 is 5.97 Å². The molecular weight excluding hydrogens is 326 g/mol. The van der Waals surface area contributed by atoms with Crippen LogP contribution in [0.1, 0.15) is 10.4 Å². The van der Waals surface area contributed by atoms with Crippen LogP contribution < -0.4 is 9.47 Å². The Hall–Kier alpha value is -3.55. The quantitative estimate of drug-likeness (QED) is 0.733. The molecule has 0 atom stereocenters. The zero-order valence-corrected chi connectivity index (χ0v) is 13.5. The van der Waals surface area contributed by atoms with Crippen LogP contribution in [0.5, 0.6) is 17.2 Å². The number of aromatic carboxylic acids is 1. The first-order chi connectivity index (χ1) is 12.0. The van der Waals surface area contributed by atoms with Gasteiger partial charge in [0.1, 0.15) is 28.5 Å². The molecular formula is C17H15N3O5. The number of methoxy groups -OCH3 is 2. The summed E-state index contributed by atoms with van der Waals surface area (Å²) in [7, 11) is 3.11. The van der Waals surface area contributed by atoms with Crippen LogP contribution in [-0.2, 0) is 0 Å².